The van der Waals surface area contributed by atoms with Gasteiger partial charge in [0.1, 0.15) is 11.4 Å². The van der Waals surface area contributed by atoms with E-state index in [0.29, 0.717) is 6.42 Å². The molecule has 0 aromatic heterocycles. The van der Waals surface area contributed by atoms with Crippen molar-refractivity contribution in [2.24, 2.45) is 0 Å². The Hall–Kier alpha value is -1.98. The predicted molar refractivity (Wildman–Crippen MR) is 60.3 cm³/mol. The summed E-state index contributed by atoms with van der Waals surface area (Å²) in [4.78, 5) is 21.7. The Bertz CT molecular complexity index is 448. The van der Waals surface area contributed by atoms with Gasteiger partial charge in [-0.3, -0.25) is 14.9 Å². The highest BCUT2D eigenvalue weighted by atomic mass is 19.1. The van der Waals surface area contributed by atoms with E-state index in [0.717, 1.165) is 18.2 Å². The highest BCUT2D eigenvalue weighted by molar-refractivity contribution is 5.98. The fourth-order valence-corrected chi connectivity index (χ4v) is 1.25. The number of nitrogens with zero attached hydrogens (tertiary/aromatic N) is 1. The van der Waals surface area contributed by atoms with E-state index in [1.165, 1.54) is 0 Å². The lowest BCUT2D eigenvalue weighted by molar-refractivity contribution is -0.385. The number of benzene rings is 1. The molecule has 6 heteroatoms. The van der Waals surface area contributed by atoms with Crippen molar-refractivity contribution in [3.63, 3.8) is 0 Å². The predicted octanol–water partition coefficient (Wildman–Crippen LogP) is 2.26. The Labute approximate surface area is 97.8 Å². The number of hydrogen-bond acceptors (Lipinski definition) is 3. The Morgan fingerprint density at radius 1 is 1.59 bits per heavy atom. The first-order chi connectivity index (χ1) is 7.95. The summed E-state index contributed by atoms with van der Waals surface area (Å²) in [6, 6.07) is 2.69. The number of halogens is 1. The molecule has 1 unspecified atom stereocenters. The summed E-state index contributed by atoms with van der Waals surface area (Å²) in [6.07, 6.45) is 0.689. The van der Waals surface area contributed by atoms with Crippen molar-refractivity contribution in [3.05, 3.63) is 39.7 Å². The zero-order valence-corrected chi connectivity index (χ0v) is 9.57. The third-order valence-corrected chi connectivity index (χ3v) is 2.39. The van der Waals surface area contributed by atoms with E-state index in [9.17, 15) is 19.3 Å². The van der Waals surface area contributed by atoms with Crippen LogP contribution in [0.5, 0.6) is 0 Å². The minimum Gasteiger partial charge on any atom is -0.349 e. The molecule has 17 heavy (non-hydrogen) atoms. The summed E-state index contributed by atoms with van der Waals surface area (Å²) in [5, 5.41) is 13.3. The van der Waals surface area contributed by atoms with Crippen LogP contribution in [0, 0.1) is 15.9 Å². The molecule has 1 amide bonds. The molecule has 1 rings (SSSR count). The van der Waals surface area contributed by atoms with Crippen LogP contribution in [-0.2, 0) is 0 Å². The molecule has 1 aromatic rings. The standard InChI is InChI=1S/C11H13FN2O3/c1-3-7(2)13-11(15)9-6-8(12)4-5-10(9)14(16)17/h4-7H,3H2,1-2H3,(H,13,15). The van der Waals surface area contributed by atoms with E-state index in [1.807, 2.05) is 6.92 Å². The van der Waals surface area contributed by atoms with Gasteiger partial charge in [-0.2, -0.15) is 0 Å². The molecule has 5 nitrogen and oxygen atoms in total. The summed E-state index contributed by atoms with van der Waals surface area (Å²) in [7, 11) is 0. The van der Waals surface area contributed by atoms with E-state index in [1.54, 1.807) is 6.92 Å². The molecule has 0 fully saturated rings. The number of hydrogen-bond donors (Lipinski definition) is 1. The topological polar surface area (TPSA) is 72.2 Å². The fourth-order valence-electron chi connectivity index (χ4n) is 1.25. The lowest BCUT2D eigenvalue weighted by atomic mass is 10.1. The monoisotopic (exact) mass is 240 g/mol. The first kappa shape index (κ1) is 13.1. The smallest absolute Gasteiger partial charge is 0.282 e. The molecule has 1 N–H and O–H groups in total. The molecule has 92 valence electrons. The second kappa shape index (κ2) is 5.38. The number of carbonyl (C=O) groups excluding carboxylic acids is 1. The number of carbonyl (C=O) groups is 1. The van der Waals surface area contributed by atoms with Gasteiger partial charge in [-0.1, -0.05) is 6.92 Å². The van der Waals surface area contributed by atoms with Crippen molar-refractivity contribution in [2.45, 2.75) is 26.3 Å². The van der Waals surface area contributed by atoms with Crippen LogP contribution in [0.1, 0.15) is 30.6 Å². The van der Waals surface area contributed by atoms with Crippen molar-refractivity contribution in [1.29, 1.82) is 0 Å². The van der Waals surface area contributed by atoms with Gasteiger partial charge in [0, 0.05) is 12.1 Å². The van der Waals surface area contributed by atoms with E-state index >= 15 is 0 Å². The van der Waals surface area contributed by atoms with Crippen molar-refractivity contribution in [3.8, 4) is 0 Å². The number of amides is 1. The fraction of sp³-hybridized carbons (Fsp3) is 0.364. The zero-order valence-electron chi connectivity index (χ0n) is 9.57. The number of nitrogens with one attached hydrogen (secondary N) is 1. The molecule has 0 radical (unpaired) electrons. The SMILES string of the molecule is CCC(C)NC(=O)c1cc(F)ccc1[N+](=O)[O-]. The van der Waals surface area contributed by atoms with Crippen molar-refractivity contribution in [2.75, 3.05) is 0 Å². The molecule has 0 spiro atoms. The van der Waals surface area contributed by atoms with Crippen molar-refractivity contribution in [1.82, 2.24) is 5.32 Å². The largest absolute Gasteiger partial charge is 0.349 e. The molecule has 0 bridgehead atoms. The molecule has 0 saturated heterocycles. The molecule has 1 atom stereocenters. The van der Waals surface area contributed by atoms with Crippen LogP contribution in [0.4, 0.5) is 10.1 Å². The van der Waals surface area contributed by atoms with E-state index in [2.05, 4.69) is 5.32 Å². The Morgan fingerprint density at radius 2 is 2.24 bits per heavy atom. The second-order valence-electron chi connectivity index (χ2n) is 3.70. The van der Waals surface area contributed by atoms with Crippen LogP contribution in [0.25, 0.3) is 0 Å². The normalized spacial score (nSPS) is 11.9. The van der Waals surface area contributed by atoms with E-state index < -0.39 is 22.3 Å². The van der Waals surface area contributed by atoms with Gasteiger partial charge in [0.15, 0.2) is 0 Å². The zero-order chi connectivity index (χ0) is 13.0. The van der Waals surface area contributed by atoms with Crippen molar-refractivity contribution < 1.29 is 14.1 Å². The molecule has 0 aliphatic heterocycles. The van der Waals surface area contributed by atoms with Gasteiger partial charge in [0.05, 0.1) is 4.92 Å². The molecular formula is C11H13FN2O3. The first-order valence-electron chi connectivity index (χ1n) is 5.20. The van der Waals surface area contributed by atoms with Crippen LogP contribution in [0.15, 0.2) is 18.2 Å². The molecule has 1 aromatic carbocycles. The highest BCUT2D eigenvalue weighted by Gasteiger charge is 2.21. The summed E-state index contributed by atoms with van der Waals surface area (Å²) in [5.41, 5.74) is -0.650. The average Bonchev–Trinajstić information content (AvgIpc) is 2.28. The molecule has 0 heterocycles. The molecule has 0 aliphatic carbocycles. The maximum absolute atomic E-state index is 13.0. The maximum Gasteiger partial charge on any atom is 0.282 e. The quantitative estimate of drug-likeness (QED) is 0.648. The molecule has 0 saturated carbocycles. The molecule has 0 aliphatic rings. The van der Waals surface area contributed by atoms with E-state index in [4.69, 9.17) is 0 Å². The van der Waals surface area contributed by atoms with Gasteiger partial charge in [-0.15, -0.1) is 0 Å². The highest BCUT2D eigenvalue weighted by Crippen LogP contribution is 2.19. The van der Waals surface area contributed by atoms with Gasteiger partial charge in [0.25, 0.3) is 11.6 Å². The second-order valence-corrected chi connectivity index (χ2v) is 3.70. The van der Waals surface area contributed by atoms with E-state index in [-0.39, 0.29) is 11.6 Å². The van der Waals surface area contributed by atoms with Gasteiger partial charge >= 0.3 is 0 Å². The third-order valence-electron chi connectivity index (χ3n) is 2.39. The van der Waals surface area contributed by atoms with Crippen LogP contribution in [-0.4, -0.2) is 16.9 Å². The van der Waals surface area contributed by atoms with Crippen LogP contribution in [0.2, 0.25) is 0 Å². The van der Waals surface area contributed by atoms with Crippen molar-refractivity contribution >= 4 is 11.6 Å². The summed E-state index contributed by atoms with van der Waals surface area (Å²) in [6.45, 7) is 3.63. The van der Waals surface area contributed by atoms with Gasteiger partial charge in [0.2, 0.25) is 0 Å². The summed E-state index contributed by atoms with van der Waals surface area (Å²) < 4.78 is 13.0. The Balaban J connectivity index is 3.06. The van der Waals surface area contributed by atoms with Crippen LogP contribution in [0.3, 0.4) is 0 Å². The summed E-state index contributed by atoms with van der Waals surface area (Å²) >= 11 is 0. The Morgan fingerprint density at radius 3 is 2.76 bits per heavy atom. The Kier molecular flexibility index (Phi) is 4.14. The van der Waals surface area contributed by atoms with Crippen LogP contribution < -0.4 is 5.32 Å². The first-order valence-corrected chi connectivity index (χ1v) is 5.20. The van der Waals surface area contributed by atoms with Crippen LogP contribution >= 0.6 is 0 Å². The van der Waals surface area contributed by atoms with Gasteiger partial charge in [-0.05, 0) is 25.5 Å². The van der Waals surface area contributed by atoms with Gasteiger partial charge < -0.3 is 5.32 Å². The molecular weight excluding hydrogens is 227 g/mol. The summed E-state index contributed by atoms with van der Waals surface area (Å²) in [5.74, 6) is -1.31. The number of rotatable bonds is 4. The maximum atomic E-state index is 13.0. The lowest BCUT2D eigenvalue weighted by Crippen LogP contribution is -2.32. The number of nitro benzene ring substituents is 1. The minimum atomic E-state index is -0.703. The average molecular weight is 240 g/mol. The minimum absolute atomic E-state index is 0.120. The third kappa shape index (κ3) is 3.24. The lowest BCUT2D eigenvalue weighted by Gasteiger charge is -2.11. The number of nitro groups is 1. The van der Waals surface area contributed by atoms with Gasteiger partial charge in [-0.25, -0.2) is 4.39 Å².